The molecule has 50 heavy (non-hydrogen) atoms. The second-order valence-electron chi connectivity index (χ2n) is 14.9. The molecule has 1 aliphatic carbocycles. The minimum absolute atomic E-state index is 0.166. The van der Waals surface area contributed by atoms with Crippen LogP contribution < -0.4 is 21.3 Å². The number of aryl methyl sites for hydroxylation is 1. The molecule has 8 rings (SSSR count). The number of rotatable bonds is 7. The third-order valence-electron chi connectivity index (χ3n) is 10.6. The normalized spacial score (nSPS) is 20.6. The smallest absolute Gasteiger partial charge is 0.280 e. The fourth-order valence-corrected chi connectivity index (χ4v) is 7.97. The molecule has 2 saturated heterocycles. The van der Waals surface area contributed by atoms with Gasteiger partial charge in [0.2, 0.25) is 0 Å². The summed E-state index contributed by atoms with van der Waals surface area (Å²) in [7, 11) is 1.68. The largest absolute Gasteiger partial charge is 0.392 e. The van der Waals surface area contributed by atoms with Crippen LogP contribution in [0.4, 0.5) is 17.3 Å². The lowest BCUT2D eigenvalue weighted by molar-refractivity contribution is -0.0829. The Balaban J connectivity index is 1.07. The molecule has 5 aromatic rings. The van der Waals surface area contributed by atoms with Gasteiger partial charge >= 0.3 is 0 Å². The van der Waals surface area contributed by atoms with E-state index in [1.807, 2.05) is 28.8 Å². The van der Waals surface area contributed by atoms with Gasteiger partial charge in [-0.05, 0) is 73.6 Å². The summed E-state index contributed by atoms with van der Waals surface area (Å²) in [5, 5.41) is 22.8. The first-order valence-electron chi connectivity index (χ1n) is 17.3. The van der Waals surface area contributed by atoms with E-state index in [0.717, 1.165) is 45.0 Å². The standard InChI is InChI=1S/C37H43N9O4/c1-22-17-46(23(2)16-45(22)26-20-50-21-26)33-7-6-32(40-41-33)39-29-12-25(18-42(5)35(29)48)27-8-9-38-34(28(27)19-47)44-11-10-43-30(36(44)49)13-24-14-37(3,4)15-31(24)43/h6-13,18,22-23,26,47H,14-17,19-21H2,1-5H3,(H,39,40)/t22-,23+/m1/s1. The van der Waals surface area contributed by atoms with Gasteiger partial charge in [-0.15, -0.1) is 10.2 Å². The van der Waals surface area contributed by atoms with Crippen molar-refractivity contribution >= 4 is 22.8 Å². The first-order chi connectivity index (χ1) is 24.0. The molecule has 0 amide bonds. The average Bonchev–Trinajstić information content (AvgIpc) is 3.56. The summed E-state index contributed by atoms with van der Waals surface area (Å²) >= 11 is 0. The van der Waals surface area contributed by atoms with Crippen molar-refractivity contribution < 1.29 is 9.84 Å². The van der Waals surface area contributed by atoms with Crippen LogP contribution in [0, 0.1) is 5.41 Å². The fraction of sp³-hybridized carbons (Fsp3) is 0.432. The number of ether oxygens (including phenoxy) is 1. The number of hydrogen-bond acceptors (Lipinski definition) is 10. The SMILES string of the molecule is C[C@@H]1CN(c2ccc(Nc3cc(-c4ccnc(-n5ccn6c7c(cc6c5=O)CC(C)(C)C7)c4CO)cn(C)c3=O)nn2)[C@@H](C)CN1C1COC1. The molecule has 5 aromatic heterocycles. The lowest BCUT2D eigenvalue weighted by atomic mass is 9.90. The van der Waals surface area contributed by atoms with Crippen LogP contribution in [0.5, 0.6) is 0 Å². The number of pyridine rings is 2. The number of piperazine rings is 1. The Bertz CT molecular complexity index is 2220. The van der Waals surface area contributed by atoms with Crippen molar-refractivity contribution in [1.29, 1.82) is 0 Å². The molecular weight excluding hydrogens is 634 g/mol. The van der Waals surface area contributed by atoms with Gasteiger partial charge in [-0.3, -0.25) is 19.1 Å². The summed E-state index contributed by atoms with van der Waals surface area (Å²) in [6, 6.07) is 10.4. The van der Waals surface area contributed by atoms with Crippen LogP contribution in [-0.4, -0.2) is 83.2 Å². The monoisotopic (exact) mass is 677 g/mol. The average molecular weight is 678 g/mol. The van der Waals surface area contributed by atoms with Crippen LogP contribution in [0.1, 0.15) is 44.5 Å². The lowest BCUT2D eigenvalue weighted by Crippen LogP contribution is -2.63. The maximum atomic E-state index is 13.8. The van der Waals surface area contributed by atoms with Gasteiger partial charge in [0.05, 0.1) is 25.9 Å². The van der Waals surface area contributed by atoms with E-state index in [-0.39, 0.29) is 29.2 Å². The Morgan fingerprint density at radius 1 is 1.00 bits per heavy atom. The summed E-state index contributed by atoms with van der Waals surface area (Å²) in [5.41, 5.74) is 4.76. The molecular formula is C37H43N9O4. The van der Waals surface area contributed by atoms with Crippen LogP contribution in [-0.2, 0) is 31.2 Å². The quantitative estimate of drug-likeness (QED) is 0.264. The molecule has 2 N–H and O–H groups in total. The number of anilines is 3. The summed E-state index contributed by atoms with van der Waals surface area (Å²) in [6.45, 7) is 11.9. The molecule has 13 nitrogen and oxygen atoms in total. The molecule has 0 unspecified atom stereocenters. The van der Waals surface area contributed by atoms with E-state index in [1.54, 1.807) is 37.8 Å². The van der Waals surface area contributed by atoms with Crippen molar-refractivity contribution in [3.63, 3.8) is 0 Å². The van der Waals surface area contributed by atoms with Gasteiger partial charge in [0, 0.05) is 73.8 Å². The van der Waals surface area contributed by atoms with Crippen molar-refractivity contribution in [3.8, 4) is 16.9 Å². The van der Waals surface area contributed by atoms with E-state index in [2.05, 4.69) is 58.0 Å². The van der Waals surface area contributed by atoms with Gasteiger partial charge in [0.1, 0.15) is 17.0 Å². The molecule has 0 spiro atoms. The van der Waals surface area contributed by atoms with Crippen molar-refractivity contribution in [3.05, 3.63) is 92.6 Å². The van der Waals surface area contributed by atoms with Gasteiger partial charge in [-0.2, -0.15) is 0 Å². The molecule has 7 heterocycles. The lowest BCUT2D eigenvalue weighted by Gasteiger charge is -2.49. The Hall–Kier alpha value is -4.85. The van der Waals surface area contributed by atoms with E-state index >= 15 is 0 Å². The highest BCUT2D eigenvalue weighted by molar-refractivity contribution is 5.73. The number of hydrogen-bond donors (Lipinski definition) is 2. The van der Waals surface area contributed by atoms with E-state index in [1.165, 1.54) is 20.4 Å². The number of aliphatic hydroxyl groups excluding tert-OH is 1. The molecule has 2 atom stereocenters. The van der Waals surface area contributed by atoms with Crippen molar-refractivity contribution in [2.45, 2.75) is 65.3 Å². The number of aliphatic hydroxyl groups is 1. The predicted octanol–water partition coefficient (Wildman–Crippen LogP) is 3.30. The maximum Gasteiger partial charge on any atom is 0.280 e. The molecule has 260 valence electrons. The second kappa shape index (κ2) is 12.2. The predicted molar refractivity (Wildman–Crippen MR) is 191 cm³/mol. The van der Waals surface area contributed by atoms with Crippen molar-refractivity contribution in [2.75, 3.05) is 36.5 Å². The Morgan fingerprint density at radius 2 is 1.82 bits per heavy atom. The number of aromatic nitrogens is 6. The molecule has 3 aliphatic rings. The molecule has 0 aromatic carbocycles. The minimum Gasteiger partial charge on any atom is -0.392 e. The minimum atomic E-state index is -0.361. The van der Waals surface area contributed by atoms with E-state index < -0.39 is 0 Å². The molecule has 0 bridgehead atoms. The Morgan fingerprint density at radius 3 is 2.54 bits per heavy atom. The Labute approximate surface area is 289 Å². The van der Waals surface area contributed by atoms with Crippen LogP contribution in [0.3, 0.4) is 0 Å². The van der Waals surface area contributed by atoms with Crippen LogP contribution in [0.2, 0.25) is 0 Å². The zero-order valence-electron chi connectivity index (χ0n) is 29.1. The highest BCUT2D eigenvalue weighted by Gasteiger charge is 2.37. The third kappa shape index (κ3) is 5.49. The van der Waals surface area contributed by atoms with Crippen LogP contribution >= 0.6 is 0 Å². The fourth-order valence-electron chi connectivity index (χ4n) is 7.97. The molecule has 0 radical (unpaired) electrons. The van der Waals surface area contributed by atoms with Crippen LogP contribution in [0.15, 0.2) is 64.7 Å². The first-order valence-corrected chi connectivity index (χ1v) is 17.3. The van der Waals surface area contributed by atoms with E-state index in [0.29, 0.717) is 51.6 Å². The molecule has 0 saturated carbocycles. The van der Waals surface area contributed by atoms with E-state index in [9.17, 15) is 14.7 Å². The number of nitrogens with one attached hydrogen (secondary N) is 1. The summed E-state index contributed by atoms with van der Waals surface area (Å²) in [6.07, 6.45) is 8.77. The van der Waals surface area contributed by atoms with Gasteiger partial charge in [-0.1, -0.05) is 13.8 Å². The molecule has 2 fully saturated rings. The van der Waals surface area contributed by atoms with E-state index in [4.69, 9.17) is 4.74 Å². The van der Waals surface area contributed by atoms with Gasteiger partial charge < -0.3 is 29.0 Å². The topological polar surface area (TPSA) is 135 Å². The molecule has 2 aliphatic heterocycles. The summed E-state index contributed by atoms with van der Waals surface area (Å²) in [4.78, 5) is 36.5. The second-order valence-corrected chi connectivity index (χ2v) is 14.9. The molecule has 13 heteroatoms. The third-order valence-corrected chi connectivity index (χ3v) is 10.6. The first kappa shape index (κ1) is 32.4. The highest BCUT2D eigenvalue weighted by Crippen LogP contribution is 2.37. The highest BCUT2D eigenvalue weighted by atomic mass is 16.5. The van der Waals surface area contributed by atoms with Crippen molar-refractivity contribution in [2.24, 2.45) is 12.5 Å². The zero-order chi connectivity index (χ0) is 34.9. The maximum absolute atomic E-state index is 13.8. The van der Waals surface area contributed by atoms with Crippen molar-refractivity contribution in [1.82, 2.24) is 33.6 Å². The zero-order valence-corrected chi connectivity index (χ0v) is 29.1. The van der Waals surface area contributed by atoms with Gasteiger partial charge in [0.25, 0.3) is 11.1 Å². The van der Waals surface area contributed by atoms with Crippen LogP contribution in [0.25, 0.3) is 22.5 Å². The summed E-state index contributed by atoms with van der Waals surface area (Å²) in [5.74, 6) is 1.57. The number of nitrogens with zero attached hydrogens (tertiary/aromatic N) is 8. The van der Waals surface area contributed by atoms with Gasteiger partial charge in [0.15, 0.2) is 11.6 Å². The Kier molecular flexibility index (Phi) is 7.88. The summed E-state index contributed by atoms with van der Waals surface area (Å²) < 4.78 is 10.4. The number of fused-ring (bicyclic) bond motifs is 3. The van der Waals surface area contributed by atoms with Gasteiger partial charge in [-0.25, -0.2) is 4.98 Å².